The second-order valence-corrected chi connectivity index (χ2v) is 8.29. The molecule has 0 aliphatic carbocycles. The maximum absolute atomic E-state index is 14.9. The molecular weight excluding hydrogens is 353 g/mol. The van der Waals surface area contributed by atoms with E-state index in [0.29, 0.717) is 13.0 Å². The number of anilines is 1. The largest absolute Gasteiger partial charge is 0.477 e. The highest BCUT2D eigenvalue weighted by atomic mass is 19.1. The maximum atomic E-state index is 14.9. The van der Waals surface area contributed by atoms with E-state index in [9.17, 15) is 24.2 Å². The zero-order valence-corrected chi connectivity index (χ0v) is 15.9. The van der Waals surface area contributed by atoms with Gasteiger partial charge in [-0.2, -0.15) is 0 Å². The molecule has 1 saturated heterocycles. The predicted octanol–water partition coefficient (Wildman–Crippen LogP) is 2.34. The molecule has 1 fully saturated rings. The minimum atomic E-state index is -1.36. The van der Waals surface area contributed by atoms with Gasteiger partial charge in [-0.3, -0.25) is 4.79 Å². The molecule has 1 unspecified atom stereocenters. The average Bonchev–Trinajstić information content (AvgIpc) is 2.96. The number of aromatic nitrogens is 2. The quantitative estimate of drug-likeness (QED) is 0.852. The van der Waals surface area contributed by atoms with Gasteiger partial charge < -0.3 is 19.7 Å². The van der Waals surface area contributed by atoms with Crippen molar-refractivity contribution in [1.82, 2.24) is 9.55 Å². The molecule has 2 aromatic heterocycles. The smallest absolute Gasteiger partial charge is 0.341 e. The highest BCUT2D eigenvalue weighted by Gasteiger charge is 2.38. The molecule has 146 valence electrons. The summed E-state index contributed by atoms with van der Waals surface area (Å²) in [4.78, 5) is 30.2. The fourth-order valence-electron chi connectivity index (χ4n) is 3.62. The first-order chi connectivity index (χ1) is 12.5. The Kier molecular flexibility index (Phi) is 4.50. The van der Waals surface area contributed by atoms with E-state index in [-0.39, 0.29) is 23.5 Å². The SMILES string of the molecule is CC1(CO)CCCN1c1nc2c(cc1F)c(=O)c(C(=O)O)cn2C(C)(C)C. The van der Waals surface area contributed by atoms with Gasteiger partial charge in [-0.05, 0) is 46.6 Å². The van der Waals surface area contributed by atoms with Crippen LogP contribution in [-0.4, -0.2) is 44.4 Å². The normalized spacial score (nSPS) is 20.4. The van der Waals surface area contributed by atoms with Gasteiger partial charge in [-0.15, -0.1) is 0 Å². The van der Waals surface area contributed by atoms with Crippen LogP contribution in [0.15, 0.2) is 17.1 Å². The van der Waals surface area contributed by atoms with Gasteiger partial charge in [0.05, 0.1) is 17.5 Å². The number of pyridine rings is 2. The van der Waals surface area contributed by atoms with E-state index < -0.39 is 33.9 Å². The van der Waals surface area contributed by atoms with Crippen molar-refractivity contribution >= 4 is 22.8 Å². The lowest BCUT2D eigenvalue weighted by molar-refractivity contribution is 0.0694. The van der Waals surface area contributed by atoms with E-state index in [4.69, 9.17) is 0 Å². The maximum Gasteiger partial charge on any atom is 0.341 e. The van der Waals surface area contributed by atoms with Gasteiger partial charge >= 0.3 is 5.97 Å². The number of carboxylic acid groups (broad SMARTS) is 1. The Morgan fingerprint density at radius 3 is 2.63 bits per heavy atom. The molecule has 3 heterocycles. The summed E-state index contributed by atoms with van der Waals surface area (Å²) >= 11 is 0. The van der Waals surface area contributed by atoms with Crippen molar-refractivity contribution in [2.45, 2.75) is 51.6 Å². The summed E-state index contributed by atoms with van der Waals surface area (Å²) < 4.78 is 16.5. The molecule has 27 heavy (non-hydrogen) atoms. The number of nitrogens with zero attached hydrogens (tertiary/aromatic N) is 3. The molecule has 7 nitrogen and oxygen atoms in total. The van der Waals surface area contributed by atoms with E-state index in [1.165, 1.54) is 6.20 Å². The lowest BCUT2D eigenvalue weighted by atomic mass is 10.0. The van der Waals surface area contributed by atoms with Gasteiger partial charge in [0.1, 0.15) is 11.2 Å². The van der Waals surface area contributed by atoms with E-state index in [2.05, 4.69) is 4.98 Å². The lowest BCUT2D eigenvalue weighted by Crippen LogP contribution is -2.45. The first-order valence-electron chi connectivity index (χ1n) is 8.88. The van der Waals surface area contributed by atoms with Crippen LogP contribution in [0.3, 0.4) is 0 Å². The molecule has 0 aromatic carbocycles. The van der Waals surface area contributed by atoms with Crippen molar-refractivity contribution in [2.75, 3.05) is 18.1 Å². The predicted molar refractivity (Wildman–Crippen MR) is 100.0 cm³/mol. The van der Waals surface area contributed by atoms with Crippen LogP contribution in [0.2, 0.25) is 0 Å². The van der Waals surface area contributed by atoms with E-state index in [1.54, 1.807) is 9.47 Å². The van der Waals surface area contributed by atoms with Gasteiger partial charge in [0.25, 0.3) is 0 Å². The van der Waals surface area contributed by atoms with Crippen LogP contribution in [-0.2, 0) is 5.54 Å². The lowest BCUT2D eigenvalue weighted by Gasteiger charge is -2.35. The molecule has 1 aliphatic heterocycles. The van der Waals surface area contributed by atoms with Crippen LogP contribution < -0.4 is 10.3 Å². The molecule has 3 rings (SSSR count). The molecule has 1 aliphatic rings. The van der Waals surface area contributed by atoms with Crippen LogP contribution in [0.1, 0.15) is 50.9 Å². The molecule has 0 spiro atoms. The first-order valence-corrected chi connectivity index (χ1v) is 8.88. The number of rotatable bonds is 3. The average molecular weight is 377 g/mol. The van der Waals surface area contributed by atoms with Crippen LogP contribution in [0, 0.1) is 5.82 Å². The zero-order valence-electron chi connectivity index (χ0n) is 15.9. The Morgan fingerprint density at radius 2 is 2.07 bits per heavy atom. The molecule has 0 saturated carbocycles. The van der Waals surface area contributed by atoms with Gasteiger partial charge in [-0.25, -0.2) is 14.2 Å². The Bertz CT molecular complexity index is 980. The summed E-state index contributed by atoms with van der Waals surface area (Å²) in [5.74, 6) is -2.00. The van der Waals surface area contributed by atoms with Gasteiger partial charge in [-0.1, -0.05) is 0 Å². The number of carboxylic acids is 1. The molecule has 1 atom stereocenters. The van der Waals surface area contributed by atoms with Crippen molar-refractivity contribution in [3.63, 3.8) is 0 Å². The monoisotopic (exact) mass is 377 g/mol. The molecule has 0 amide bonds. The molecule has 0 bridgehead atoms. The van der Waals surface area contributed by atoms with Crippen LogP contribution in [0.5, 0.6) is 0 Å². The molecule has 0 radical (unpaired) electrons. The summed E-state index contributed by atoms with van der Waals surface area (Å²) in [6, 6.07) is 1.06. The summed E-state index contributed by atoms with van der Waals surface area (Å²) in [6.07, 6.45) is 2.75. The number of hydrogen-bond acceptors (Lipinski definition) is 5. The number of halogens is 1. The minimum absolute atomic E-state index is 0.0667. The summed E-state index contributed by atoms with van der Waals surface area (Å²) in [7, 11) is 0. The van der Waals surface area contributed by atoms with Crippen LogP contribution in [0.25, 0.3) is 11.0 Å². The first kappa shape index (κ1) is 19.3. The zero-order chi connectivity index (χ0) is 20.1. The standard InChI is InChI=1S/C19H24FN3O4/c1-18(2,3)23-9-12(17(26)27)14(25)11-8-13(20)16(21-15(11)23)22-7-5-6-19(22,4)10-24/h8-9,24H,5-7,10H2,1-4H3,(H,26,27). The second kappa shape index (κ2) is 6.30. The van der Waals surface area contributed by atoms with Crippen molar-refractivity contribution in [3.8, 4) is 0 Å². The molecule has 2 N–H and O–H groups in total. The van der Waals surface area contributed by atoms with Gasteiger partial charge in [0.2, 0.25) is 5.43 Å². The third-order valence-corrected chi connectivity index (χ3v) is 5.21. The van der Waals surface area contributed by atoms with Crippen molar-refractivity contribution in [1.29, 1.82) is 0 Å². The number of aliphatic hydroxyl groups excluding tert-OH is 1. The molecular formula is C19H24FN3O4. The Hall–Kier alpha value is -2.48. The number of carbonyl (C=O) groups is 1. The van der Waals surface area contributed by atoms with E-state index >= 15 is 0 Å². The van der Waals surface area contributed by atoms with Crippen LogP contribution in [0.4, 0.5) is 10.2 Å². The Balaban J connectivity index is 2.36. The number of fused-ring (bicyclic) bond motifs is 1. The topological polar surface area (TPSA) is 95.7 Å². The van der Waals surface area contributed by atoms with Crippen molar-refractivity contribution in [3.05, 3.63) is 33.9 Å². The van der Waals surface area contributed by atoms with E-state index in [1.807, 2.05) is 27.7 Å². The molecule has 8 heteroatoms. The number of hydrogen-bond donors (Lipinski definition) is 2. The van der Waals surface area contributed by atoms with Crippen LogP contribution >= 0.6 is 0 Å². The van der Waals surface area contributed by atoms with Crippen molar-refractivity contribution in [2.24, 2.45) is 0 Å². The molecule has 2 aromatic rings. The minimum Gasteiger partial charge on any atom is -0.477 e. The number of aromatic carboxylic acids is 1. The number of aliphatic hydroxyl groups is 1. The third-order valence-electron chi connectivity index (χ3n) is 5.21. The summed E-state index contributed by atoms with van der Waals surface area (Å²) in [5.41, 5.74) is -2.17. The second-order valence-electron chi connectivity index (χ2n) is 8.29. The summed E-state index contributed by atoms with van der Waals surface area (Å²) in [5, 5.41) is 19.0. The Morgan fingerprint density at radius 1 is 1.41 bits per heavy atom. The fraction of sp³-hybridized carbons (Fsp3) is 0.526. The highest BCUT2D eigenvalue weighted by molar-refractivity contribution is 5.92. The third kappa shape index (κ3) is 3.07. The fourth-order valence-corrected chi connectivity index (χ4v) is 3.62. The Labute approximate surface area is 156 Å². The highest BCUT2D eigenvalue weighted by Crippen LogP contribution is 2.35. The van der Waals surface area contributed by atoms with Gasteiger partial charge in [0, 0.05) is 18.3 Å². The van der Waals surface area contributed by atoms with Gasteiger partial charge in [0.15, 0.2) is 11.6 Å². The summed E-state index contributed by atoms with van der Waals surface area (Å²) in [6.45, 7) is 7.79. The van der Waals surface area contributed by atoms with E-state index in [0.717, 1.165) is 12.5 Å². The van der Waals surface area contributed by atoms with Crippen molar-refractivity contribution < 1.29 is 19.4 Å².